The molecule has 0 bridgehead atoms. The monoisotopic (exact) mass is 288 g/mol. The van der Waals surface area contributed by atoms with Crippen LogP contribution in [0.15, 0.2) is 12.1 Å². The van der Waals surface area contributed by atoms with Gasteiger partial charge in [0.25, 0.3) is 0 Å². The van der Waals surface area contributed by atoms with Crippen molar-refractivity contribution in [3.8, 4) is 0 Å². The Hall–Kier alpha value is -0.640. The topological polar surface area (TPSA) is 38.5 Å². The third kappa shape index (κ3) is 3.02. The van der Waals surface area contributed by atoms with Crippen LogP contribution in [0.2, 0.25) is 10.0 Å². The molecule has 2 rings (SSSR count). The van der Waals surface area contributed by atoms with E-state index in [4.69, 9.17) is 33.7 Å². The smallest absolute Gasteiger partial charge is 0.0750 e. The van der Waals surface area contributed by atoms with Crippen molar-refractivity contribution in [2.24, 2.45) is 0 Å². The number of hydrogen-bond acceptors (Lipinski definition) is 3. The van der Waals surface area contributed by atoms with E-state index in [0.717, 1.165) is 38.2 Å². The highest BCUT2D eigenvalue weighted by Gasteiger charge is 2.23. The summed E-state index contributed by atoms with van der Waals surface area (Å²) in [7, 11) is 0. The van der Waals surface area contributed by atoms with E-state index in [0.29, 0.717) is 15.7 Å². The summed E-state index contributed by atoms with van der Waals surface area (Å²) in [6.07, 6.45) is 2.43. The van der Waals surface area contributed by atoms with Crippen molar-refractivity contribution < 1.29 is 4.74 Å². The number of rotatable bonds is 3. The zero-order chi connectivity index (χ0) is 13.1. The molecular formula is C13H18Cl2N2O. The van der Waals surface area contributed by atoms with Gasteiger partial charge in [0.05, 0.1) is 21.8 Å². The van der Waals surface area contributed by atoms with E-state index < -0.39 is 0 Å². The van der Waals surface area contributed by atoms with Crippen LogP contribution in [0.4, 0.5) is 11.4 Å². The Bertz CT molecular complexity index is 400. The van der Waals surface area contributed by atoms with Gasteiger partial charge in [-0.05, 0) is 31.9 Å². The molecule has 1 aromatic carbocycles. The van der Waals surface area contributed by atoms with E-state index in [9.17, 15) is 0 Å². The van der Waals surface area contributed by atoms with Crippen molar-refractivity contribution in [2.75, 3.05) is 30.3 Å². The SMILES string of the molecule is CCOC1CCCN(c2c(Cl)cc(N)cc2Cl)C1. The van der Waals surface area contributed by atoms with Gasteiger partial charge in [-0.2, -0.15) is 0 Å². The summed E-state index contributed by atoms with van der Waals surface area (Å²) in [5.41, 5.74) is 7.18. The van der Waals surface area contributed by atoms with Gasteiger partial charge in [0.15, 0.2) is 0 Å². The Labute approximate surface area is 118 Å². The predicted molar refractivity (Wildman–Crippen MR) is 77.7 cm³/mol. The average molecular weight is 289 g/mol. The van der Waals surface area contributed by atoms with Crippen LogP contribution >= 0.6 is 23.2 Å². The summed E-state index contributed by atoms with van der Waals surface area (Å²) in [6, 6.07) is 3.49. The highest BCUT2D eigenvalue weighted by Crippen LogP contribution is 2.37. The normalized spacial score (nSPS) is 20.2. The first-order chi connectivity index (χ1) is 8.61. The molecule has 1 atom stereocenters. The zero-order valence-corrected chi connectivity index (χ0v) is 12.0. The van der Waals surface area contributed by atoms with Crippen LogP contribution in [-0.4, -0.2) is 25.8 Å². The molecule has 0 saturated carbocycles. The van der Waals surface area contributed by atoms with Crippen LogP contribution < -0.4 is 10.6 Å². The molecule has 1 aromatic rings. The maximum Gasteiger partial charge on any atom is 0.0750 e. The molecule has 1 fully saturated rings. The standard InChI is InChI=1S/C13H18Cl2N2O/c1-2-18-10-4-3-5-17(8-10)13-11(14)6-9(16)7-12(13)15/h6-7,10H,2-5,8,16H2,1H3. The maximum atomic E-state index is 6.25. The van der Waals surface area contributed by atoms with Gasteiger partial charge in [-0.1, -0.05) is 23.2 Å². The van der Waals surface area contributed by atoms with Crippen molar-refractivity contribution in [2.45, 2.75) is 25.9 Å². The summed E-state index contributed by atoms with van der Waals surface area (Å²) in [6.45, 7) is 4.54. The van der Waals surface area contributed by atoms with Gasteiger partial charge in [-0.3, -0.25) is 0 Å². The van der Waals surface area contributed by atoms with Crippen molar-refractivity contribution in [3.63, 3.8) is 0 Å². The molecule has 1 unspecified atom stereocenters. The Morgan fingerprint density at radius 1 is 1.39 bits per heavy atom. The van der Waals surface area contributed by atoms with Gasteiger partial charge in [0.1, 0.15) is 0 Å². The Morgan fingerprint density at radius 2 is 2.06 bits per heavy atom. The van der Waals surface area contributed by atoms with Gasteiger partial charge in [0.2, 0.25) is 0 Å². The zero-order valence-electron chi connectivity index (χ0n) is 10.5. The van der Waals surface area contributed by atoms with E-state index in [1.54, 1.807) is 12.1 Å². The second-order valence-electron chi connectivity index (χ2n) is 4.50. The number of ether oxygens (including phenoxy) is 1. The molecule has 0 amide bonds. The molecular weight excluding hydrogens is 271 g/mol. The number of benzene rings is 1. The van der Waals surface area contributed by atoms with Gasteiger partial charge >= 0.3 is 0 Å². The lowest BCUT2D eigenvalue weighted by atomic mass is 10.1. The third-order valence-corrected chi connectivity index (χ3v) is 3.71. The van der Waals surface area contributed by atoms with E-state index in [1.807, 2.05) is 6.92 Å². The predicted octanol–water partition coefficient (Wildman–Crippen LogP) is 3.58. The summed E-state index contributed by atoms with van der Waals surface area (Å²) in [5, 5.41) is 1.22. The molecule has 3 nitrogen and oxygen atoms in total. The summed E-state index contributed by atoms with van der Waals surface area (Å²) in [4.78, 5) is 2.19. The maximum absolute atomic E-state index is 6.25. The second-order valence-corrected chi connectivity index (χ2v) is 5.31. The number of anilines is 2. The Kier molecular flexibility index (Phi) is 4.60. The number of piperidine rings is 1. The number of halogens is 2. The van der Waals surface area contributed by atoms with Gasteiger partial charge in [0, 0.05) is 25.4 Å². The fourth-order valence-electron chi connectivity index (χ4n) is 2.40. The van der Waals surface area contributed by atoms with Crippen LogP contribution in [0.3, 0.4) is 0 Å². The second kappa shape index (κ2) is 6.00. The van der Waals surface area contributed by atoms with E-state index in [1.165, 1.54) is 0 Å². The van der Waals surface area contributed by atoms with Crippen molar-refractivity contribution in [1.29, 1.82) is 0 Å². The minimum absolute atomic E-state index is 0.258. The number of nitrogen functional groups attached to an aromatic ring is 1. The average Bonchev–Trinajstić information content (AvgIpc) is 2.28. The lowest BCUT2D eigenvalue weighted by Crippen LogP contribution is -2.40. The minimum atomic E-state index is 0.258. The quantitative estimate of drug-likeness (QED) is 0.864. The fraction of sp³-hybridized carbons (Fsp3) is 0.538. The van der Waals surface area contributed by atoms with E-state index in [-0.39, 0.29) is 6.10 Å². The molecule has 100 valence electrons. The molecule has 5 heteroatoms. The van der Waals surface area contributed by atoms with Gasteiger partial charge in [-0.25, -0.2) is 0 Å². The summed E-state index contributed by atoms with van der Waals surface area (Å²) >= 11 is 12.5. The molecule has 1 aliphatic heterocycles. The first-order valence-electron chi connectivity index (χ1n) is 6.23. The van der Waals surface area contributed by atoms with Crippen molar-refractivity contribution in [1.82, 2.24) is 0 Å². The molecule has 1 heterocycles. The van der Waals surface area contributed by atoms with E-state index in [2.05, 4.69) is 4.90 Å². The van der Waals surface area contributed by atoms with Gasteiger partial charge in [-0.15, -0.1) is 0 Å². The summed E-state index contributed by atoms with van der Waals surface area (Å²) < 4.78 is 5.69. The largest absolute Gasteiger partial charge is 0.399 e. The lowest BCUT2D eigenvalue weighted by Gasteiger charge is -2.35. The molecule has 0 radical (unpaired) electrons. The first-order valence-corrected chi connectivity index (χ1v) is 6.98. The van der Waals surface area contributed by atoms with Crippen LogP contribution in [0.1, 0.15) is 19.8 Å². The van der Waals surface area contributed by atoms with Crippen LogP contribution in [0, 0.1) is 0 Å². The minimum Gasteiger partial charge on any atom is -0.399 e. The molecule has 0 aliphatic carbocycles. The fourth-order valence-corrected chi connectivity index (χ4v) is 3.14. The lowest BCUT2D eigenvalue weighted by molar-refractivity contribution is 0.0527. The van der Waals surface area contributed by atoms with Crippen molar-refractivity contribution >= 4 is 34.6 Å². The highest BCUT2D eigenvalue weighted by atomic mass is 35.5. The number of hydrogen-bond donors (Lipinski definition) is 1. The molecule has 0 aromatic heterocycles. The van der Waals surface area contributed by atoms with Crippen molar-refractivity contribution in [3.05, 3.63) is 22.2 Å². The summed E-state index contributed by atoms with van der Waals surface area (Å²) in [5.74, 6) is 0. The Balaban J connectivity index is 2.20. The highest BCUT2D eigenvalue weighted by molar-refractivity contribution is 6.39. The molecule has 2 N–H and O–H groups in total. The molecule has 18 heavy (non-hydrogen) atoms. The van der Waals surface area contributed by atoms with Crippen LogP contribution in [0.25, 0.3) is 0 Å². The molecule has 1 aliphatic rings. The van der Waals surface area contributed by atoms with Gasteiger partial charge < -0.3 is 15.4 Å². The van der Waals surface area contributed by atoms with E-state index >= 15 is 0 Å². The first kappa shape index (κ1) is 13.8. The number of nitrogens with two attached hydrogens (primary N) is 1. The Morgan fingerprint density at radius 3 is 2.67 bits per heavy atom. The third-order valence-electron chi connectivity index (χ3n) is 3.14. The number of nitrogens with zero attached hydrogens (tertiary/aromatic N) is 1. The molecule has 0 spiro atoms. The van der Waals surface area contributed by atoms with Crippen LogP contribution in [0.5, 0.6) is 0 Å². The molecule has 1 saturated heterocycles. The van der Waals surface area contributed by atoms with Crippen LogP contribution in [-0.2, 0) is 4.74 Å².